The predicted molar refractivity (Wildman–Crippen MR) is 69.1 cm³/mol. The van der Waals surface area contributed by atoms with E-state index in [0.717, 1.165) is 5.56 Å². The summed E-state index contributed by atoms with van der Waals surface area (Å²) in [5.74, 6) is 0.128. The number of nitrogens with two attached hydrogens (primary N) is 1. The highest BCUT2D eigenvalue weighted by Crippen LogP contribution is 2.26. The van der Waals surface area contributed by atoms with Crippen LogP contribution >= 0.6 is 12.2 Å². The number of rotatable bonds is 3. The van der Waals surface area contributed by atoms with Gasteiger partial charge in [-0.1, -0.05) is 18.3 Å². The van der Waals surface area contributed by atoms with Crippen molar-refractivity contribution in [3.8, 4) is 11.6 Å². The first-order valence-corrected chi connectivity index (χ1v) is 5.54. The highest BCUT2D eigenvalue weighted by molar-refractivity contribution is 7.80. The van der Waals surface area contributed by atoms with Gasteiger partial charge in [0, 0.05) is 6.07 Å². The Kier molecular flexibility index (Phi) is 3.47. The number of hydrogen-bond donors (Lipinski definition) is 1. The third kappa shape index (κ3) is 2.60. The van der Waals surface area contributed by atoms with Crippen molar-refractivity contribution in [3.05, 3.63) is 47.4 Å². The van der Waals surface area contributed by atoms with Crippen molar-refractivity contribution in [2.24, 2.45) is 5.73 Å². The molecule has 0 aliphatic carbocycles. The number of hydrogen-bond acceptors (Lipinski definition) is 4. The molecule has 0 radical (unpaired) electrons. The van der Waals surface area contributed by atoms with E-state index in [1.165, 1.54) is 18.3 Å². The van der Waals surface area contributed by atoms with Crippen LogP contribution in [-0.2, 0) is 0 Å². The zero-order valence-electron chi connectivity index (χ0n) is 9.55. The second-order valence-electron chi connectivity index (χ2n) is 3.63. The summed E-state index contributed by atoms with van der Waals surface area (Å²) in [5.41, 5.74) is 6.78. The summed E-state index contributed by atoms with van der Waals surface area (Å²) >= 11 is 4.88. The van der Waals surface area contributed by atoms with E-state index in [0.29, 0.717) is 11.3 Å². The Bertz CT molecular complexity index is 604. The number of aromatic nitrogens is 2. The Morgan fingerprint density at radius 3 is 2.89 bits per heavy atom. The number of aryl methyl sites for hydroxylation is 1. The molecular weight excluding hydrogens is 253 g/mol. The molecule has 1 aromatic carbocycles. The molecule has 2 rings (SSSR count). The summed E-state index contributed by atoms with van der Waals surface area (Å²) in [5, 5.41) is 7.50. The van der Waals surface area contributed by atoms with Crippen LogP contribution in [0.5, 0.6) is 11.6 Å². The van der Waals surface area contributed by atoms with E-state index >= 15 is 0 Å². The molecule has 0 fully saturated rings. The molecule has 0 aliphatic heterocycles. The normalized spacial score (nSPS) is 10.1. The molecule has 1 aromatic heterocycles. The van der Waals surface area contributed by atoms with Crippen LogP contribution in [0.3, 0.4) is 0 Å². The summed E-state index contributed by atoms with van der Waals surface area (Å²) < 4.78 is 18.6. The van der Waals surface area contributed by atoms with Gasteiger partial charge in [0.15, 0.2) is 0 Å². The lowest BCUT2D eigenvalue weighted by Gasteiger charge is -2.10. The fourth-order valence-electron chi connectivity index (χ4n) is 1.37. The maximum Gasteiger partial charge on any atom is 0.249 e. The fraction of sp³-hybridized carbons (Fsp3) is 0.0833. The Hall–Kier alpha value is -2.08. The van der Waals surface area contributed by atoms with Crippen LogP contribution in [0.25, 0.3) is 0 Å². The van der Waals surface area contributed by atoms with Crippen molar-refractivity contribution in [1.29, 1.82) is 0 Å². The number of halogens is 1. The lowest BCUT2D eigenvalue weighted by atomic mass is 10.2. The lowest BCUT2D eigenvalue weighted by Crippen LogP contribution is -2.12. The molecule has 0 amide bonds. The van der Waals surface area contributed by atoms with Gasteiger partial charge in [0.25, 0.3) is 0 Å². The van der Waals surface area contributed by atoms with Gasteiger partial charge in [0.2, 0.25) is 5.88 Å². The Labute approximate surface area is 109 Å². The van der Waals surface area contributed by atoms with Crippen molar-refractivity contribution in [2.45, 2.75) is 6.92 Å². The molecule has 2 aromatic rings. The smallest absolute Gasteiger partial charge is 0.249 e. The van der Waals surface area contributed by atoms with Gasteiger partial charge >= 0.3 is 0 Å². The van der Waals surface area contributed by atoms with Crippen LogP contribution in [0.1, 0.15) is 11.1 Å². The maximum atomic E-state index is 13.1. The molecule has 0 saturated carbocycles. The molecule has 0 bridgehead atoms. The van der Waals surface area contributed by atoms with E-state index in [1.54, 1.807) is 19.1 Å². The van der Waals surface area contributed by atoms with E-state index in [9.17, 15) is 4.39 Å². The number of benzene rings is 1. The van der Waals surface area contributed by atoms with Gasteiger partial charge in [-0.25, -0.2) is 4.39 Å². The molecule has 4 nitrogen and oxygen atoms in total. The molecule has 1 heterocycles. The van der Waals surface area contributed by atoms with E-state index in [4.69, 9.17) is 22.7 Å². The first kappa shape index (κ1) is 12.4. The molecule has 0 aliphatic rings. The Balaban J connectivity index is 2.40. The molecule has 0 saturated heterocycles. The zero-order chi connectivity index (χ0) is 13.1. The number of nitrogens with zero attached hydrogens (tertiary/aromatic N) is 2. The van der Waals surface area contributed by atoms with Gasteiger partial charge in [0.05, 0.1) is 11.8 Å². The fourth-order valence-corrected chi connectivity index (χ4v) is 1.53. The van der Waals surface area contributed by atoms with E-state index in [-0.39, 0.29) is 10.9 Å². The minimum Gasteiger partial charge on any atom is -0.437 e. The Morgan fingerprint density at radius 2 is 2.17 bits per heavy atom. The lowest BCUT2D eigenvalue weighted by molar-refractivity contribution is 0.446. The van der Waals surface area contributed by atoms with Crippen molar-refractivity contribution >= 4 is 17.2 Å². The zero-order valence-corrected chi connectivity index (χ0v) is 10.4. The van der Waals surface area contributed by atoms with Gasteiger partial charge in [0.1, 0.15) is 16.6 Å². The first-order valence-electron chi connectivity index (χ1n) is 5.13. The monoisotopic (exact) mass is 263 g/mol. The molecule has 92 valence electrons. The second-order valence-corrected chi connectivity index (χ2v) is 4.07. The van der Waals surface area contributed by atoms with Gasteiger partial charge in [-0.15, -0.1) is 5.10 Å². The summed E-state index contributed by atoms with van der Waals surface area (Å²) in [6.07, 6.45) is 1.46. The highest BCUT2D eigenvalue weighted by Gasteiger charge is 2.11. The first-order chi connectivity index (χ1) is 8.58. The molecule has 0 atom stereocenters. The van der Waals surface area contributed by atoms with Crippen LogP contribution < -0.4 is 10.5 Å². The average Bonchev–Trinajstić information content (AvgIpc) is 2.34. The van der Waals surface area contributed by atoms with Gasteiger partial charge in [-0.3, -0.25) is 0 Å². The number of ether oxygens (including phenoxy) is 1. The maximum absolute atomic E-state index is 13.1. The van der Waals surface area contributed by atoms with E-state index < -0.39 is 5.82 Å². The van der Waals surface area contributed by atoms with E-state index in [1.807, 2.05) is 0 Å². The van der Waals surface area contributed by atoms with Crippen LogP contribution in [-0.4, -0.2) is 15.2 Å². The average molecular weight is 263 g/mol. The van der Waals surface area contributed by atoms with Gasteiger partial charge < -0.3 is 10.5 Å². The van der Waals surface area contributed by atoms with Crippen LogP contribution in [0.15, 0.2) is 30.5 Å². The standard InChI is InChI=1S/C12H10FN3OS/c1-7-2-3-8(13)6-10(7)17-12-9(11(14)18)4-5-15-16-12/h2-6H,1H3,(H2,14,18). The largest absolute Gasteiger partial charge is 0.437 e. The third-order valence-corrected chi connectivity index (χ3v) is 2.53. The molecule has 0 spiro atoms. The van der Waals surface area contributed by atoms with Crippen LogP contribution in [0.4, 0.5) is 4.39 Å². The quantitative estimate of drug-likeness (QED) is 0.861. The van der Waals surface area contributed by atoms with Crippen molar-refractivity contribution in [2.75, 3.05) is 0 Å². The number of thiocarbonyl (C=S) groups is 1. The third-order valence-electron chi connectivity index (χ3n) is 2.31. The van der Waals surface area contributed by atoms with Gasteiger partial charge in [-0.2, -0.15) is 5.10 Å². The van der Waals surface area contributed by atoms with Gasteiger partial charge in [-0.05, 0) is 24.6 Å². The summed E-state index contributed by atoms with van der Waals surface area (Å²) in [7, 11) is 0. The topological polar surface area (TPSA) is 61.0 Å². The molecular formula is C12H10FN3OS. The predicted octanol–water partition coefficient (Wildman–Crippen LogP) is 2.35. The summed E-state index contributed by atoms with van der Waals surface area (Å²) in [4.78, 5) is 0.147. The summed E-state index contributed by atoms with van der Waals surface area (Å²) in [6.45, 7) is 1.80. The minimum absolute atomic E-state index is 0.147. The van der Waals surface area contributed by atoms with Crippen molar-refractivity contribution < 1.29 is 9.13 Å². The minimum atomic E-state index is -0.392. The van der Waals surface area contributed by atoms with Crippen LogP contribution in [0.2, 0.25) is 0 Å². The second kappa shape index (κ2) is 5.05. The molecule has 0 unspecified atom stereocenters. The van der Waals surface area contributed by atoms with Crippen molar-refractivity contribution in [1.82, 2.24) is 10.2 Å². The highest BCUT2D eigenvalue weighted by atomic mass is 32.1. The molecule has 18 heavy (non-hydrogen) atoms. The molecule has 6 heteroatoms. The Morgan fingerprint density at radius 1 is 1.39 bits per heavy atom. The van der Waals surface area contributed by atoms with Crippen LogP contribution in [0, 0.1) is 12.7 Å². The van der Waals surface area contributed by atoms with Crippen molar-refractivity contribution in [3.63, 3.8) is 0 Å². The molecule has 2 N–H and O–H groups in total. The SMILES string of the molecule is Cc1ccc(F)cc1Oc1nnccc1C(N)=S. The summed E-state index contributed by atoms with van der Waals surface area (Å²) in [6, 6.07) is 5.83. The van der Waals surface area contributed by atoms with E-state index in [2.05, 4.69) is 10.2 Å².